The molecule has 2 nitrogen and oxygen atoms in total. The average Bonchev–Trinajstić information content (AvgIpc) is 2.16. The van der Waals surface area contributed by atoms with Gasteiger partial charge in [0.05, 0.1) is 11.0 Å². The summed E-state index contributed by atoms with van der Waals surface area (Å²) in [7, 11) is 0. The Hall–Kier alpha value is -1.15. The second kappa shape index (κ2) is 3.30. The SMILES string of the molecule is CCc1cnc2ccc(Cl)nc2c1. The highest BCUT2D eigenvalue weighted by Crippen LogP contribution is 2.14. The first kappa shape index (κ1) is 8.45. The Morgan fingerprint density at radius 3 is 2.92 bits per heavy atom. The van der Waals surface area contributed by atoms with E-state index in [0.717, 1.165) is 17.5 Å². The molecule has 0 spiro atoms. The molecule has 66 valence electrons. The first-order valence-electron chi connectivity index (χ1n) is 4.21. The Morgan fingerprint density at radius 1 is 1.31 bits per heavy atom. The number of hydrogen-bond acceptors (Lipinski definition) is 2. The Morgan fingerprint density at radius 2 is 2.15 bits per heavy atom. The number of nitrogens with zero attached hydrogens (tertiary/aromatic N) is 2. The van der Waals surface area contributed by atoms with E-state index in [9.17, 15) is 0 Å². The van der Waals surface area contributed by atoms with Crippen LogP contribution in [0.2, 0.25) is 5.15 Å². The van der Waals surface area contributed by atoms with Gasteiger partial charge in [0, 0.05) is 6.20 Å². The van der Waals surface area contributed by atoms with Gasteiger partial charge in [0.25, 0.3) is 0 Å². The highest BCUT2D eigenvalue weighted by molar-refractivity contribution is 6.29. The molecule has 0 N–H and O–H groups in total. The summed E-state index contributed by atoms with van der Waals surface area (Å²) in [6.45, 7) is 2.09. The molecular weight excluding hydrogens is 184 g/mol. The first-order chi connectivity index (χ1) is 6.29. The first-order valence-corrected chi connectivity index (χ1v) is 4.58. The van der Waals surface area contributed by atoms with Gasteiger partial charge in [0.2, 0.25) is 0 Å². The molecule has 0 bridgehead atoms. The zero-order chi connectivity index (χ0) is 9.26. The smallest absolute Gasteiger partial charge is 0.129 e. The van der Waals surface area contributed by atoms with Crippen LogP contribution in [0, 0.1) is 0 Å². The second-order valence-electron chi connectivity index (χ2n) is 2.87. The Kier molecular flexibility index (Phi) is 2.15. The van der Waals surface area contributed by atoms with E-state index >= 15 is 0 Å². The zero-order valence-electron chi connectivity index (χ0n) is 7.29. The maximum absolute atomic E-state index is 5.78. The molecule has 0 atom stereocenters. The summed E-state index contributed by atoms with van der Waals surface area (Å²) in [5.74, 6) is 0. The third-order valence-electron chi connectivity index (χ3n) is 1.97. The predicted molar refractivity (Wildman–Crippen MR) is 53.9 cm³/mol. The van der Waals surface area contributed by atoms with Gasteiger partial charge in [-0.3, -0.25) is 4.98 Å². The van der Waals surface area contributed by atoms with E-state index in [2.05, 4.69) is 16.9 Å². The van der Waals surface area contributed by atoms with Crippen LogP contribution >= 0.6 is 11.6 Å². The summed E-state index contributed by atoms with van der Waals surface area (Å²) in [5, 5.41) is 0.516. The Bertz CT molecular complexity index is 440. The molecule has 0 fully saturated rings. The van der Waals surface area contributed by atoms with Crippen LogP contribution in [0.25, 0.3) is 11.0 Å². The van der Waals surface area contributed by atoms with Gasteiger partial charge in [-0.2, -0.15) is 0 Å². The number of rotatable bonds is 1. The van der Waals surface area contributed by atoms with Gasteiger partial charge in [0.15, 0.2) is 0 Å². The lowest BCUT2D eigenvalue weighted by Gasteiger charge is -1.99. The van der Waals surface area contributed by atoms with Gasteiger partial charge in [-0.25, -0.2) is 4.98 Å². The number of fused-ring (bicyclic) bond motifs is 1. The second-order valence-corrected chi connectivity index (χ2v) is 3.26. The molecule has 0 unspecified atom stereocenters. The monoisotopic (exact) mass is 192 g/mol. The topological polar surface area (TPSA) is 25.8 Å². The lowest BCUT2D eigenvalue weighted by Crippen LogP contribution is -1.87. The third-order valence-corrected chi connectivity index (χ3v) is 2.18. The molecule has 0 saturated heterocycles. The van der Waals surface area contributed by atoms with Crippen molar-refractivity contribution in [1.29, 1.82) is 0 Å². The van der Waals surface area contributed by atoms with Crippen LogP contribution in [0.4, 0.5) is 0 Å². The van der Waals surface area contributed by atoms with Gasteiger partial charge in [-0.15, -0.1) is 0 Å². The van der Waals surface area contributed by atoms with Crippen molar-refractivity contribution in [2.75, 3.05) is 0 Å². The standard InChI is InChI=1S/C10H9ClN2/c1-2-7-5-9-8(12-6-7)3-4-10(11)13-9/h3-6H,2H2,1H3. The highest BCUT2D eigenvalue weighted by atomic mass is 35.5. The summed E-state index contributed by atoms with van der Waals surface area (Å²) in [6, 6.07) is 5.65. The molecule has 2 heterocycles. The fourth-order valence-corrected chi connectivity index (χ4v) is 1.37. The van der Waals surface area contributed by atoms with Crippen LogP contribution in [-0.2, 0) is 6.42 Å². The average molecular weight is 193 g/mol. The van der Waals surface area contributed by atoms with Gasteiger partial charge < -0.3 is 0 Å². The summed E-state index contributed by atoms with van der Waals surface area (Å²) in [6.07, 6.45) is 2.84. The molecule has 2 aromatic rings. The van der Waals surface area contributed by atoms with Crippen molar-refractivity contribution in [3.63, 3.8) is 0 Å². The van der Waals surface area contributed by atoms with Crippen molar-refractivity contribution < 1.29 is 0 Å². The van der Waals surface area contributed by atoms with E-state index in [0.29, 0.717) is 5.15 Å². The van der Waals surface area contributed by atoms with Crippen LogP contribution in [0.1, 0.15) is 12.5 Å². The van der Waals surface area contributed by atoms with E-state index in [1.165, 1.54) is 5.56 Å². The fraction of sp³-hybridized carbons (Fsp3) is 0.200. The lowest BCUT2D eigenvalue weighted by molar-refractivity contribution is 1.11. The van der Waals surface area contributed by atoms with Crippen molar-refractivity contribution >= 4 is 22.6 Å². The largest absolute Gasteiger partial charge is 0.254 e. The quantitative estimate of drug-likeness (QED) is 0.650. The van der Waals surface area contributed by atoms with E-state index in [1.54, 1.807) is 6.07 Å². The molecule has 2 aromatic heterocycles. The normalized spacial score (nSPS) is 10.6. The number of halogens is 1. The van der Waals surface area contributed by atoms with E-state index in [1.807, 2.05) is 18.3 Å². The van der Waals surface area contributed by atoms with E-state index < -0.39 is 0 Å². The minimum atomic E-state index is 0.516. The number of pyridine rings is 2. The summed E-state index contributed by atoms with van der Waals surface area (Å²) < 4.78 is 0. The molecule has 0 amide bonds. The lowest BCUT2D eigenvalue weighted by atomic mass is 10.2. The number of aryl methyl sites for hydroxylation is 1. The molecule has 0 aliphatic rings. The number of aromatic nitrogens is 2. The molecule has 2 rings (SSSR count). The van der Waals surface area contributed by atoms with Crippen LogP contribution in [-0.4, -0.2) is 9.97 Å². The predicted octanol–water partition coefficient (Wildman–Crippen LogP) is 2.85. The Labute approximate surface area is 81.6 Å². The minimum absolute atomic E-state index is 0.516. The highest BCUT2D eigenvalue weighted by Gasteiger charge is 1.98. The van der Waals surface area contributed by atoms with Crippen molar-refractivity contribution in [2.24, 2.45) is 0 Å². The molecule has 13 heavy (non-hydrogen) atoms. The van der Waals surface area contributed by atoms with Crippen LogP contribution in [0.3, 0.4) is 0 Å². The maximum atomic E-state index is 5.78. The fourth-order valence-electron chi connectivity index (χ4n) is 1.22. The van der Waals surface area contributed by atoms with Crippen LogP contribution in [0.15, 0.2) is 24.4 Å². The molecule has 0 aliphatic carbocycles. The minimum Gasteiger partial charge on any atom is -0.254 e. The van der Waals surface area contributed by atoms with Crippen molar-refractivity contribution in [1.82, 2.24) is 9.97 Å². The van der Waals surface area contributed by atoms with Crippen molar-refractivity contribution in [2.45, 2.75) is 13.3 Å². The van der Waals surface area contributed by atoms with Gasteiger partial charge in [0.1, 0.15) is 5.15 Å². The van der Waals surface area contributed by atoms with Crippen LogP contribution in [0.5, 0.6) is 0 Å². The molecule has 0 radical (unpaired) electrons. The van der Waals surface area contributed by atoms with Crippen molar-refractivity contribution in [3.05, 3.63) is 35.1 Å². The summed E-state index contributed by atoms with van der Waals surface area (Å²) in [5.41, 5.74) is 2.94. The molecule has 0 aliphatic heterocycles. The Balaban J connectivity index is 2.68. The zero-order valence-corrected chi connectivity index (χ0v) is 8.04. The number of hydrogen-bond donors (Lipinski definition) is 0. The van der Waals surface area contributed by atoms with Crippen LogP contribution < -0.4 is 0 Å². The molecular formula is C10H9ClN2. The third kappa shape index (κ3) is 1.63. The van der Waals surface area contributed by atoms with Gasteiger partial charge in [-0.1, -0.05) is 18.5 Å². The molecule has 0 aromatic carbocycles. The van der Waals surface area contributed by atoms with Crippen molar-refractivity contribution in [3.8, 4) is 0 Å². The van der Waals surface area contributed by atoms with E-state index in [4.69, 9.17) is 11.6 Å². The van der Waals surface area contributed by atoms with Gasteiger partial charge >= 0.3 is 0 Å². The molecule has 3 heteroatoms. The maximum Gasteiger partial charge on any atom is 0.129 e. The molecule has 0 saturated carbocycles. The summed E-state index contributed by atoms with van der Waals surface area (Å²) >= 11 is 5.78. The van der Waals surface area contributed by atoms with Gasteiger partial charge in [-0.05, 0) is 30.2 Å². The van der Waals surface area contributed by atoms with E-state index in [-0.39, 0.29) is 0 Å². The summed E-state index contributed by atoms with van der Waals surface area (Å²) in [4.78, 5) is 8.46.